The average Bonchev–Trinajstić information content (AvgIpc) is 3.15. The van der Waals surface area contributed by atoms with Crippen LogP contribution in [0.3, 0.4) is 0 Å². The van der Waals surface area contributed by atoms with Crippen LogP contribution in [0.2, 0.25) is 5.02 Å². The Balaban J connectivity index is 1.45. The van der Waals surface area contributed by atoms with Crippen molar-refractivity contribution in [2.24, 2.45) is 10.9 Å². The molecule has 0 saturated heterocycles. The van der Waals surface area contributed by atoms with Gasteiger partial charge in [-0.3, -0.25) is 9.79 Å². The molecule has 1 heterocycles. The van der Waals surface area contributed by atoms with Crippen molar-refractivity contribution in [3.63, 3.8) is 0 Å². The molecule has 6 nitrogen and oxygen atoms in total. The lowest BCUT2D eigenvalue weighted by Gasteiger charge is -2.37. The molecule has 5 atom stereocenters. The molecule has 2 aliphatic rings. The average molecular weight is 432 g/mol. The van der Waals surface area contributed by atoms with Gasteiger partial charge in [0, 0.05) is 22.5 Å². The van der Waals surface area contributed by atoms with E-state index in [4.69, 9.17) is 11.6 Å². The minimum absolute atomic E-state index is 0.134. The number of amides is 1. The number of hydrogen-bond acceptors (Lipinski definition) is 6. The fraction of sp³-hybridized carbons (Fsp3) is 0.333. The zero-order chi connectivity index (χ0) is 20.4. The topological polar surface area (TPSA) is 94.0 Å². The Bertz CT molecular complexity index is 894. The van der Waals surface area contributed by atoms with E-state index in [1.165, 1.54) is 11.8 Å². The maximum Gasteiger partial charge on any atom is 0.224 e. The highest BCUT2D eigenvalue weighted by molar-refractivity contribution is 8.15. The molecule has 4 N–H and O–H groups in total. The number of halogens is 1. The Hall–Kier alpha value is -2.06. The van der Waals surface area contributed by atoms with Gasteiger partial charge in [-0.1, -0.05) is 53.7 Å². The van der Waals surface area contributed by atoms with Crippen molar-refractivity contribution in [2.75, 3.05) is 5.32 Å². The number of aliphatic imine (C=N–C) groups is 1. The van der Waals surface area contributed by atoms with E-state index in [0.29, 0.717) is 16.7 Å². The Kier molecular flexibility index (Phi) is 6.10. The summed E-state index contributed by atoms with van der Waals surface area (Å²) in [7, 11) is 0. The predicted octanol–water partition coefficient (Wildman–Crippen LogP) is 2.65. The number of aliphatic hydroxyl groups excluding tert-OH is 2. The number of nitrogens with one attached hydrogen (secondary N) is 2. The number of benzene rings is 2. The van der Waals surface area contributed by atoms with Crippen LogP contribution in [-0.4, -0.2) is 44.8 Å². The lowest BCUT2D eigenvalue weighted by atomic mass is 9.81. The molecule has 1 aliphatic heterocycles. The smallest absolute Gasteiger partial charge is 0.224 e. The first kappa shape index (κ1) is 20.2. The first-order chi connectivity index (χ1) is 14.0. The standard InChI is InChI=1S/C21H22ClN3O3S/c22-13-6-8-14(9-7-13)24-21-25-17-18(27)16(26)10-15(19(17)29-21)20(28)23-11-12-4-2-1-3-5-12/h1-9,15-19,26-27H,10-11H2,(H,23,28)(H,24,25)/t15-,16+,17-,18-,19+/m0/s1. The number of carbonyl (C=O) groups excluding carboxylic acids is 1. The number of aliphatic hydroxyl groups is 2. The zero-order valence-electron chi connectivity index (χ0n) is 15.5. The third kappa shape index (κ3) is 4.59. The van der Waals surface area contributed by atoms with Gasteiger partial charge in [-0.25, -0.2) is 0 Å². The maximum absolute atomic E-state index is 12.9. The summed E-state index contributed by atoms with van der Waals surface area (Å²) in [5.74, 6) is -0.578. The van der Waals surface area contributed by atoms with Crippen LogP contribution < -0.4 is 10.6 Å². The van der Waals surface area contributed by atoms with Gasteiger partial charge in [-0.15, -0.1) is 0 Å². The normalized spacial score (nSPS) is 28.4. The van der Waals surface area contributed by atoms with Gasteiger partial charge in [0.25, 0.3) is 0 Å². The molecule has 29 heavy (non-hydrogen) atoms. The second kappa shape index (κ2) is 8.75. The van der Waals surface area contributed by atoms with E-state index in [1.807, 2.05) is 42.5 Å². The molecule has 1 aliphatic carbocycles. The highest BCUT2D eigenvalue weighted by Gasteiger charge is 2.50. The Morgan fingerprint density at radius 1 is 1.14 bits per heavy atom. The van der Waals surface area contributed by atoms with Crippen molar-refractivity contribution in [2.45, 2.75) is 36.5 Å². The summed E-state index contributed by atoms with van der Waals surface area (Å²) in [5, 5.41) is 27.9. The van der Waals surface area contributed by atoms with Gasteiger partial charge in [0.05, 0.1) is 18.1 Å². The van der Waals surface area contributed by atoms with Gasteiger partial charge < -0.3 is 20.8 Å². The van der Waals surface area contributed by atoms with E-state index in [9.17, 15) is 15.0 Å². The molecule has 0 aromatic heterocycles. The van der Waals surface area contributed by atoms with Gasteiger partial charge in [0.2, 0.25) is 5.91 Å². The largest absolute Gasteiger partial charge is 0.390 e. The summed E-state index contributed by atoms with van der Waals surface area (Å²) in [4.78, 5) is 17.4. The molecule has 0 unspecified atom stereocenters. The molecule has 0 spiro atoms. The minimum atomic E-state index is -0.991. The molecule has 0 bridgehead atoms. The SMILES string of the molecule is O=C(NCc1ccccc1)[C@H]1C[C@@H](O)[C@H](O)[C@@H]2N=C(Nc3ccc(Cl)cc3)S[C@@H]21. The van der Waals surface area contributed by atoms with Crippen LogP contribution in [0, 0.1) is 5.92 Å². The summed E-state index contributed by atoms with van der Waals surface area (Å²) in [6.45, 7) is 0.424. The lowest BCUT2D eigenvalue weighted by Crippen LogP contribution is -2.53. The monoisotopic (exact) mass is 431 g/mol. The lowest BCUT2D eigenvalue weighted by molar-refractivity contribution is -0.129. The van der Waals surface area contributed by atoms with Crippen LogP contribution in [0.15, 0.2) is 59.6 Å². The van der Waals surface area contributed by atoms with Gasteiger partial charge >= 0.3 is 0 Å². The van der Waals surface area contributed by atoms with E-state index in [-0.39, 0.29) is 17.6 Å². The quantitative estimate of drug-likeness (QED) is 0.597. The van der Waals surface area contributed by atoms with Crippen LogP contribution in [-0.2, 0) is 11.3 Å². The Morgan fingerprint density at radius 2 is 1.86 bits per heavy atom. The van der Waals surface area contributed by atoms with Crippen molar-refractivity contribution < 1.29 is 15.0 Å². The number of nitrogens with zero attached hydrogens (tertiary/aromatic N) is 1. The van der Waals surface area contributed by atoms with E-state index in [0.717, 1.165) is 11.3 Å². The molecule has 1 saturated carbocycles. The summed E-state index contributed by atoms with van der Waals surface area (Å²) in [5.41, 5.74) is 1.83. The molecule has 8 heteroatoms. The number of amidine groups is 1. The van der Waals surface area contributed by atoms with E-state index < -0.39 is 24.2 Å². The van der Waals surface area contributed by atoms with Crippen molar-refractivity contribution in [1.29, 1.82) is 0 Å². The first-order valence-electron chi connectivity index (χ1n) is 9.46. The molecule has 152 valence electrons. The third-order valence-electron chi connectivity index (χ3n) is 5.23. The summed E-state index contributed by atoms with van der Waals surface area (Å²) >= 11 is 7.35. The third-order valence-corrected chi connectivity index (χ3v) is 6.79. The van der Waals surface area contributed by atoms with Gasteiger partial charge in [0.15, 0.2) is 5.17 Å². The molecule has 2 aromatic rings. The second-order valence-electron chi connectivity index (χ2n) is 7.24. The number of rotatable bonds is 4. The highest BCUT2D eigenvalue weighted by Crippen LogP contribution is 2.41. The zero-order valence-corrected chi connectivity index (χ0v) is 17.1. The fourth-order valence-corrected chi connectivity index (χ4v) is 5.18. The number of anilines is 1. The maximum atomic E-state index is 12.9. The number of thioether (sulfide) groups is 1. The molecule has 0 radical (unpaired) electrons. The van der Waals surface area contributed by atoms with Gasteiger partial charge in [0.1, 0.15) is 6.10 Å². The first-order valence-corrected chi connectivity index (χ1v) is 10.7. The van der Waals surface area contributed by atoms with Crippen LogP contribution >= 0.6 is 23.4 Å². The molecule has 4 rings (SSSR count). The summed E-state index contributed by atoms with van der Waals surface area (Å²) in [6, 6.07) is 16.4. The minimum Gasteiger partial charge on any atom is -0.390 e. The number of carbonyl (C=O) groups is 1. The van der Waals surface area contributed by atoms with Crippen LogP contribution in [0.25, 0.3) is 0 Å². The Morgan fingerprint density at radius 3 is 2.59 bits per heavy atom. The summed E-state index contributed by atoms with van der Waals surface area (Å²) < 4.78 is 0. The second-order valence-corrected chi connectivity index (χ2v) is 8.85. The molecule has 1 fully saturated rings. The fourth-order valence-electron chi connectivity index (χ4n) is 3.68. The van der Waals surface area contributed by atoms with Crippen LogP contribution in [0.5, 0.6) is 0 Å². The molecular weight excluding hydrogens is 410 g/mol. The van der Waals surface area contributed by atoms with Gasteiger partial charge in [-0.05, 0) is 36.2 Å². The van der Waals surface area contributed by atoms with E-state index in [2.05, 4.69) is 15.6 Å². The molecule has 2 aromatic carbocycles. The van der Waals surface area contributed by atoms with Crippen LogP contribution in [0.4, 0.5) is 5.69 Å². The Labute approximate surface area is 178 Å². The van der Waals surface area contributed by atoms with Crippen molar-refractivity contribution in [3.8, 4) is 0 Å². The predicted molar refractivity (Wildman–Crippen MR) is 116 cm³/mol. The summed E-state index contributed by atoms with van der Waals surface area (Å²) in [6.07, 6.45) is -1.77. The van der Waals surface area contributed by atoms with Crippen molar-refractivity contribution in [1.82, 2.24) is 5.32 Å². The van der Waals surface area contributed by atoms with E-state index in [1.54, 1.807) is 12.1 Å². The van der Waals surface area contributed by atoms with Crippen molar-refractivity contribution >= 4 is 40.1 Å². The van der Waals surface area contributed by atoms with E-state index >= 15 is 0 Å². The van der Waals surface area contributed by atoms with Crippen LogP contribution in [0.1, 0.15) is 12.0 Å². The van der Waals surface area contributed by atoms with Crippen molar-refractivity contribution in [3.05, 3.63) is 65.2 Å². The number of fused-ring (bicyclic) bond motifs is 1. The molecule has 1 amide bonds. The van der Waals surface area contributed by atoms with Gasteiger partial charge in [-0.2, -0.15) is 0 Å². The highest BCUT2D eigenvalue weighted by atomic mass is 35.5. The number of hydrogen-bond donors (Lipinski definition) is 4. The molecular formula is C21H22ClN3O3S.